The van der Waals surface area contributed by atoms with Crippen LogP contribution in [0.3, 0.4) is 0 Å². The van der Waals surface area contributed by atoms with Crippen LogP contribution >= 0.6 is 11.6 Å². The SMILES string of the molecule is CCOC(=O)C(CC(C)C)NC(=O)OCCl. The minimum Gasteiger partial charge on any atom is -0.464 e. The zero-order chi connectivity index (χ0) is 12.6. The van der Waals surface area contributed by atoms with Crippen LogP contribution in [0, 0.1) is 5.92 Å². The number of carbonyl (C=O) groups is 2. The van der Waals surface area contributed by atoms with Gasteiger partial charge in [0.25, 0.3) is 0 Å². The molecule has 1 unspecified atom stereocenters. The zero-order valence-electron chi connectivity index (χ0n) is 9.79. The van der Waals surface area contributed by atoms with Crippen molar-refractivity contribution >= 4 is 23.7 Å². The highest BCUT2D eigenvalue weighted by Crippen LogP contribution is 2.06. The predicted molar refractivity (Wildman–Crippen MR) is 60.2 cm³/mol. The van der Waals surface area contributed by atoms with Gasteiger partial charge in [-0.3, -0.25) is 0 Å². The molecule has 0 aromatic rings. The highest BCUT2D eigenvalue weighted by Gasteiger charge is 2.23. The van der Waals surface area contributed by atoms with E-state index in [0.29, 0.717) is 6.42 Å². The van der Waals surface area contributed by atoms with Gasteiger partial charge in [0.1, 0.15) is 6.04 Å². The first-order valence-electron chi connectivity index (χ1n) is 5.17. The van der Waals surface area contributed by atoms with Crippen LogP contribution in [0.5, 0.6) is 0 Å². The number of nitrogens with one attached hydrogen (secondary N) is 1. The second kappa shape index (κ2) is 8.21. The van der Waals surface area contributed by atoms with E-state index in [9.17, 15) is 9.59 Å². The molecule has 0 heterocycles. The lowest BCUT2D eigenvalue weighted by Crippen LogP contribution is -2.42. The van der Waals surface area contributed by atoms with E-state index < -0.39 is 18.1 Å². The lowest BCUT2D eigenvalue weighted by molar-refractivity contribution is -0.145. The number of esters is 1. The van der Waals surface area contributed by atoms with Crippen molar-refractivity contribution in [2.45, 2.75) is 33.2 Å². The maximum absolute atomic E-state index is 11.5. The van der Waals surface area contributed by atoms with Crippen molar-refractivity contribution in [3.8, 4) is 0 Å². The summed E-state index contributed by atoms with van der Waals surface area (Å²) in [5.74, 6) is -0.201. The van der Waals surface area contributed by atoms with Crippen molar-refractivity contribution in [1.29, 1.82) is 0 Å². The van der Waals surface area contributed by atoms with Crippen molar-refractivity contribution < 1.29 is 19.1 Å². The molecule has 1 atom stereocenters. The molecule has 0 spiro atoms. The lowest BCUT2D eigenvalue weighted by Gasteiger charge is -2.18. The first kappa shape index (κ1) is 15.0. The van der Waals surface area contributed by atoms with Crippen molar-refractivity contribution in [1.82, 2.24) is 5.32 Å². The lowest BCUT2D eigenvalue weighted by atomic mass is 10.0. The van der Waals surface area contributed by atoms with Crippen LogP contribution < -0.4 is 5.32 Å². The summed E-state index contributed by atoms with van der Waals surface area (Å²) in [7, 11) is 0. The third-order valence-corrected chi connectivity index (χ3v) is 1.87. The normalized spacial score (nSPS) is 12.1. The Hall–Kier alpha value is -0.970. The van der Waals surface area contributed by atoms with Gasteiger partial charge in [0.15, 0.2) is 6.07 Å². The fraction of sp³-hybridized carbons (Fsp3) is 0.800. The highest BCUT2D eigenvalue weighted by molar-refractivity contribution is 6.17. The van der Waals surface area contributed by atoms with Crippen LogP contribution in [0.4, 0.5) is 4.79 Å². The molecule has 0 saturated heterocycles. The van der Waals surface area contributed by atoms with Crippen LogP contribution in [-0.4, -0.2) is 30.8 Å². The molecular weight excluding hydrogens is 234 g/mol. The monoisotopic (exact) mass is 251 g/mol. The molecule has 1 amide bonds. The summed E-state index contributed by atoms with van der Waals surface area (Å²) in [6.45, 7) is 5.88. The van der Waals surface area contributed by atoms with Gasteiger partial charge in [0.2, 0.25) is 0 Å². The van der Waals surface area contributed by atoms with Gasteiger partial charge in [-0.15, -0.1) is 0 Å². The molecule has 0 aromatic heterocycles. The summed E-state index contributed by atoms with van der Waals surface area (Å²) < 4.78 is 9.33. The molecule has 0 radical (unpaired) electrons. The molecule has 0 aliphatic heterocycles. The van der Waals surface area contributed by atoms with Crippen molar-refractivity contribution in [2.75, 3.05) is 12.7 Å². The minimum absolute atomic E-state index is 0.247. The van der Waals surface area contributed by atoms with E-state index >= 15 is 0 Å². The molecule has 0 fully saturated rings. The first-order valence-corrected chi connectivity index (χ1v) is 5.70. The Morgan fingerprint density at radius 2 is 1.94 bits per heavy atom. The van der Waals surface area contributed by atoms with E-state index in [0.717, 1.165) is 0 Å². The van der Waals surface area contributed by atoms with Gasteiger partial charge in [-0.05, 0) is 19.3 Å². The number of rotatable bonds is 6. The number of hydrogen-bond acceptors (Lipinski definition) is 4. The van der Waals surface area contributed by atoms with Gasteiger partial charge in [-0.2, -0.15) is 0 Å². The number of halogens is 1. The van der Waals surface area contributed by atoms with Crippen molar-refractivity contribution in [3.05, 3.63) is 0 Å². The molecule has 16 heavy (non-hydrogen) atoms. The molecule has 5 nitrogen and oxygen atoms in total. The molecule has 0 aromatic carbocycles. The summed E-state index contributed by atoms with van der Waals surface area (Å²) in [6, 6.07) is -0.932. The number of hydrogen-bond donors (Lipinski definition) is 1. The van der Waals surface area contributed by atoms with E-state index in [-0.39, 0.29) is 18.6 Å². The van der Waals surface area contributed by atoms with Crippen molar-refractivity contribution in [3.63, 3.8) is 0 Å². The molecular formula is C10H18ClNO4. The Balaban J connectivity index is 4.30. The molecule has 6 heteroatoms. The standard InChI is InChI=1S/C10H18ClNO4/c1-4-15-9(13)8(5-7(2)3)12-10(14)16-6-11/h7-8H,4-6H2,1-3H3,(H,12,14). The number of alkyl carbamates (subject to hydrolysis) is 1. The van der Waals surface area contributed by atoms with E-state index in [1.807, 2.05) is 13.8 Å². The molecule has 94 valence electrons. The van der Waals surface area contributed by atoms with Crippen LogP contribution in [0.1, 0.15) is 27.2 Å². The largest absolute Gasteiger partial charge is 0.464 e. The maximum Gasteiger partial charge on any atom is 0.409 e. The fourth-order valence-corrected chi connectivity index (χ4v) is 1.26. The average molecular weight is 252 g/mol. The Labute approximate surface area is 100 Å². The summed E-state index contributed by atoms with van der Waals surface area (Å²) >= 11 is 5.23. The molecule has 0 aliphatic carbocycles. The zero-order valence-corrected chi connectivity index (χ0v) is 10.5. The summed E-state index contributed by atoms with van der Waals surface area (Å²) in [5.41, 5.74) is 0. The Kier molecular flexibility index (Phi) is 7.72. The molecule has 0 rings (SSSR count). The van der Waals surface area contributed by atoms with Gasteiger partial charge < -0.3 is 14.8 Å². The van der Waals surface area contributed by atoms with Gasteiger partial charge in [0, 0.05) is 0 Å². The topological polar surface area (TPSA) is 64.6 Å². The Morgan fingerprint density at radius 3 is 2.38 bits per heavy atom. The second-order valence-electron chi connectivity index (χ2n) is 3.62. The number of alkyl halides is 1. The van der Waals surface area contributed by atoms with Crippen LogP contribution in [-0.2, 0) is 14.3 Å². The fourth-order valence-electron chi connectivity index (χ4n) is 1.16. The van der Waals surface area contributed by atoms with E-state index in [1.165, 1.54) is 0 Å². The van der Waals surface area contributed by atoms with E-state index in [2.05, 4.69) is 10.1 Å². The summed E-state index contributed by atoms with van der Waals surface area (Å²) in [6.07, 6.45) is -0.218. The third-order valence-electron chi connectivity index (χ3n) is 1.76. The molecule has 1 N–H and O–H groups in total. The van der Waals surface area contributed by atoms with E-state index in [4.69, 9.17) is 16.3 Å². The van der Waals surface area contributed by atoms with Gasteiger partial charge in [0.05, 0.1) is 6.61 Å². The van der Waals surface area contributed by atoms with Crippen LogP contribution in [0.25, 0.3) is 0 Å². The van der Waals surface area contributed by atoms with Crippen molar-refractivity contribution in [2.24, 2.45) is 5.92 Å². The molecule has 0 saturated carbocycles. The predicted octanol–water partition coefficient (Wildman–Crippen LogP) is 1.89. The molecule has 0 bridgehead atoms. The number of carbonyl (C=O) groups excluding carboxylic acids is 2. The first-order chi connectivity index (χ1) is 7.51. The minimum atomic E-state index is -0.714. The number of amides is 1. The van der Waals surface area contributed by atoms with Gasteiger partial charge >= 0.3 is 12.1 Å². The quantitative estimate of drug-likeness (QED) is 0.578. The smallest absolute Gasteiger partial charge is 0.409 e. The van der Waals surface area contributed by atoms with Gasteiger partial charge in [-0.25, -0.2) is 9.59 Å². The summed E-state index contributed by atoms with van der Waals surface area (Å²) in [4.78, 5) is 22.6. The van der Waals surface area contributed by atoms with Gasteiger partial charge in [-0.1, -0.05) is 25.4 Å². The van der Waals surface area contributed by atoms with Crippen LogP contribution in [0.2, 0.25) is 0 Å². The van der Waals surface area contributed by atoms with E-state index in [1.54, 1.807) is 6.92 Å². The number of ether oxygens (including phenoxy) is 2. The highest BCUT2D eigenvalue weighted by atomic mass is 35.5. The summed E-state index contributed by atoms with van der Waals surface area (Å²) in [5, 5.41) is 2.41. The second-order valence-corrected chi connectivity index (χ2v) is 3.84. The Morgan fingerprint density at radius 1 is 1.31 bits per heavy atom. The van der Waals surface area contributed by atoms with Crippen LogP contribution in [0.15, 0.2) is 0 Å². The third kappa shape index (κ3) is 6.50. The average Bonchev–Trinajstić information content (AvgIpc) is 2.16. The maximum atomic E-state index is 11.5. The Bertz CT molecular complexity index is 233. The molecule has 0 aliphatic rings.